The molecule has 7 nitrogen and oxygen atoms in total. The Kier molecular flexibility index (Phi) is 6.71. The van der Waals surface area contributed by atoms with E-state index in [4.69, 9.17) is 14.2 Å². The Morgan fingerprint density at radius 2 is 1.92 bits per heavy atom. The van der Waals surface area contributed by atoms with Crippen LogP contribution in [0.2, 0.25) is 0 Å². The second kappa shape index (κ2) is 8.59. The lowest BCUT2D eigenvalue weighted by Crippen LogP contribution is -2.42. The van der Waals surface area contributed by atoms with E-state index in [2.05, 4.69) is 15.9 Å². The number of carbonyl (C=O) groups is 3. The topological polar surface area (TPSA) is 82.1 Å². The van der Waals surface area contributed by atoms with Gasteiger partial charge >= 0.3 is 5.97 Å². The molecule has 0 saturated carbocycles. The summed E-state index contributed by atoms with van der Waals surface area (Å²) >= 11 is 4.14. The van der Waals surface area contributed by atoms with Crippen LogP contribution < -0.4 is 9.47 Å². The molecular formula is C17H18BrNO6S. The van der Waals surface area contributed by atoms with Crippen molar-refractivity contribution < 1.29 is 28.6 Å². The van der Waals surface area contributed by atoms with Crippen molar-refractivity contribution in [2.75, 3.05) is 20.8 Å². The van der Waals surface area contributed by atoms with Crippen LogP contribution in [0.3, 0.4) is 0 Å². The summed E-state index contributed by atoms with van der Waals surface area (Å²) in [6.07, 6.45) is 1.55. The number of imide groups is 1. The molecule has 0 radical (unpaired) electrons. The zero-order valence-electron chi connectivity index (χ0n) is 14.7. The van der Waals surface area contributed by atoms with Gasteiger partial charge in [-0.2, -0.15) is 0 Å². The number of carbonyl (C=O) groups excluding carboxylic acids is 3. The molecule has 2 rings (SSSR count). The summed E-state index contributed by atoms with van der Waals surface area (Å²) in [5.74, 6) is -0.117. The predicted molar refractivity (Wildman–Crippen MR) is 101 cm³/mol. The first-order valence-electron chi connectivity index (χ1n) is 7.69. The quantitative estimate of drug-likeness (QED) is 0.491. The number of rotatable bonds is 6. The van der Waals surface area contributed by atoms with Gasteiger partial charge in [-0.05, 0) is 53.7 Å². The molecule has 140 valence electrons. The molecule has 1 heterocycles. The SMILES string of the molecule is CCOC(=O)[C@H](C)N1C(=O)S/C(=C\c2cc(Br)c(OC)cc2OC)C1=O. The van der Waals surface area contributed by atoms with Gasteiger partial charge in [0, 0.05) is 11.6 Å². The molecule has 0 aromatic heterocycles. The molecule has 1 aliphatic heterocycles. The third-order valence-corrected chi connectivity index (χ3v) is 5.13. The van der Waals surface area contributed by atoms with Gasteiger partial charge in [0.15, 0.2) is 0 Å². The number of benzene rings is 1. The van der Waals surface area contributed by atoms with Crippen molar-refractivity contribution in [1.29, 1.82) is 0 Å². The number of methoxy groups -OCH3 is 2. The number of amides is 2. The number of nitrogens with zero attached hydrogens (tertiary/aromatic N) is 1. The van der Waals surface area contributed by atoms with E-state index in [1.807, 2.05) is 0 Å². The largest absolute Gasteiger partial charge is 0.496 e. The summed E-state index contributed by atoms with van der Waals surface area (Å²) in [6, 6.07) is 2.40. The maximum Gasteiger partial charge on any atom is 0.329 e. The Hall–Kier alpha value is -2.00. The van der Waals surface area contributed by atoms with Gasteiger partial charge in [0.25, 0.3) is 11.1 Å². The minimum atomic E-state index is -0.988. The van der Waals surface area contributed by atoms with Crippen molar-refractivity contribution in [3.8, 4) is 11.5 Å². The molecule has 1 aromatic rings. The van der Waals surface area contributed by atoms with Crippen molar-refractivity contribution >= 4 is 50.9 Å². The van der Waals surface area contributed by atoms with Crippen molar-refractivity contribution in [3.63, 3.8) is 0 Å². The number of hydrogen-bond donors (Lipinski definition) is 0. The number of hydrogen-bond acceptors (Lipinski definition) is 7. The van der Waals surface area contributed by atoms with Crippen LogP contribution in [-0.4, -0.2) is 48.9 Å². The van der Waals surface area contributed by atoms with Gasteiger partial charge < -0.3 is 14.2 Å². The van der Waals surface area contributed by atoms with Gasteiger partial charge in [0.05, 0.1) is 30.2 Å². The van der Waals surface area contributed by atoms with Gasteiger partial charge in [-0.3, -0.25) is 14.5 Å². The van der Waals surface area contributed by atoms with E-state index < -0.39 is 23.2 Å². The van der Waals surface area contributed by atoms with Gasteiger partial charge in [-0.1, -0.05) is 0 Å². The van der Waals surface area contributed by atoms with Crippen molar-refractivity contribution in [3.05, 3.63) is 27.1 Å². The summed E-state index contributed by atoms with van der Waals surface area (Å²) in [5.41, 5.74) is 0.592. The zero-order valence-corrected chi connectivity index (χ0v) is 17.1. The average Bonchev–Trinajstić information content (AvgIpc) is 2.88. The molecule has 0 spiro atoms. The number of halogens is 1. The molecule has 1 aromatic carbocycles. The smallest absolute Gasteiger partial charge is 0.329 e. The average molecular weight is 444 g/mol. The highest BCUT2D eigenvalue weighted by Crippen LogP contribution is 2.38. The molecule has 1 saturated heterocycles. The second-order valence-electron chi connectivity index (χ2n) is 5.21. The summed E-state index contributed by atoms with van der Waals surface area (Å²) in [6.45, 7) is 3.29. The van der Waals surface area contributed by atoms with Gasteiger partial charge in [-0.25, -0.2) is 4.79 Å². The first-order valence-corrected chi connectivity index (χ1v) is 9.30. The van der Waals surface area contributed by atoms with E-state index in [1.54, 1.807) is 25.1 Å². The zero-order chi connectivity index (χ0) is 19.4. The lowest BCUT2D eigenvalue weighted by Gasteiger charge is -2.19. The van der Waals surface area contributed by atoms with E-state index in [0.29, 0.717) is 21.5 Å². The first-order chi connectivity index (χ1) is 12.3. The molecule has 1 fully saturated rings. The monoisotopic (exact) mass is 443 g/mol. The molecule has 0 unspecified atom stereocenters. The Labute approximate surface area is 163 Å². The molecule has 9 heteroatoms. The molecule has 1 aliphatic rings. The van der Waals surface area contributed by atoms with Gasteiger partial charge in [0.2, 0.25) is 0 Å². The summed E-state index contributed by atoms with van der Waals surface area (Å²) in [5, 5.41) is -0.520. The minimum Gasteiger partial charge on any atom is -0.496 e. The van der Waals surface area contributed by atoms with E-state index in [9.17, 15) is 14.4 Å². The summed E-state index contributed by atoms with van der Waals surface area (Å²) in [7, 11) is 3.02. The maximum absolute atomic E-state index is 12.6. The van der Waals surface area contributed by atoms with Crippen molar-refractivity contribution in [1.82, 2.24) is 4.90 Å². The summed E-state index contributed by atoms with van der Waals surface area (Å²) in [4.78, 5) is 37.8. The number of esters is 1. The van der Waals surface area contributed by atoms with Crippen LogP contribution in [0, 0.1) is 0 Å². The second-order valence-corrected chi connectivity index (χ2v) is 7.06. The Bertz CT molecular complexity index is 779. The van der Waals surface area contributed by atoms with Gasteiger partial charge in [-0.15, -0.1) is 0 Å². The lowest BCUT2D eigenvalue weighted by molar-refractivity contribution is -0.150. The van der Waals surface area contributed by atoms with Crippen LogP contribution >= 0.6 is 27.7 Å². The third kappa shape index (κ3) is 4.04. The summed E-state index contributed by atoms with van der Waals surface area (Å²) < 4.78 is 16.1. The van der Waals surface area contributed by atoms with Crippen LogP contribution in [0.15, 0.2) is 21.5 Å². The molecule has 2 amide bonds. The highest BCUT2D eigenvalue weighted by molar-refractivity contribution is 9.10. The highest BCUT2D eigenvalue weighted by atomic mass is 79.9. The Morgan fingerprint density at radius 1 is 1.27 bits per heavy atom. The standard InChI is InChI=1S/C17H18BrNO6S/c1-5-25-16(21)9(2)19-15(20)14(26-17(19)22)7-10-6-11(18)13(24-4)8-12(10)23-3/h6-9H,5H2,1-4H3/b14-7-/t9-/m0/s1. The molecule has 0 aliphatic carbocycles. The van der Waals surface area contributed by atoms with Gasteiger partial charge in [0.1, 0.15) is 17.5 Å². The first kappa shape index (κ1) is 20.3. The van der Waals surface area contributed by atoms with E-state index in [0.717, 1.165) is 16.7 Å². The Morgan fingerprint density at radius 3 is 2.50 bits per heavy atom. The molecular weight excluding hydrogens is 426 g/mol. The van der Waals surface area contributed by atoms with Crippen LogP contribution in [0.1, 0.15) is 19.4 Å². The predicted octanol–water partition coefficient (Wildman–Crippen LogP) is 3.45. The van der Waals surface area contributed by atoms with Crippen LogP contribution in [0.5, 0.6) is 11.5 Å². The fraction of sp³-hybridized carbons (Fsp3) is 0.353. The molecule has 26 heavy (non-hydrogen) atoms. The normalized spacial score (nSPS) is 16.8. The third-order valence-electron chi connectivity index (χ3n) is 3.63. The van der Waals surface area contributed by atoms with E-state index in [-0.39, 0.29) is 11.5 Å². The van der Waals surface area contributed by atoms with E-state index >= 15 is 0 Å². The van der Waals surface area contributed by atoms with E-state index in [1.165, 1.54) is 21.1 Å². The van der Waals surface area contributed by atoms with Crippen molar-refractivity contribution in [2.24, 2.45) is 0 Å². The number of ether oxygens (including phenoxy) is 3. The molecule has 0 N–H and O–H groups in total. The lowest BCUT2D eigenvalue weighted by atomic mass is 10.1. The number of thioether (sulfide) groups is 1. The van der Waals surface area contributed by atoms with Crippen LogP contribution in [0.25, 0.3) is 6.08 Å². The van der Waals surface area contributed by atoms with Crippen molar-refractivity contribution in [2.45, 2.75) is 19.9 Å². The Balaban J connectivity index is 2.36. The molecule has 1 atom stereocenters. The fourth-order valence-electron chi connectivity index (χ4n) is 2.32. The maximum atomic E-state index is 12.6. The van der Waals surface area contributed by atoms with Crippen LogP contribution in [0.4, 0.5) is 4.79 Å². The minimum absolute atomic E-state index is 0.173. The fourth-order valence-corrected chi connectivity index (χ4v) is 3.74. The van der Waals surface area contributed by atoms with Crippen LogP contribution in [-0.2, 0) is 14.3 Å². The highest BCUT2D eigenvalue weighted by Gasteiger charge is 2.41. The molecule has 0 bridgehead atoms.